The molecular weight excluding hydrogens is 385 g/mol. The maximum absolute atomic E-state index is 12.5. The summed E-state index contributed by atoms with van der Waals surface area (Å²) in [5.41, 5.74) is 0.500. The summed E-state index contributed by atoms with van der Waals surface area (Å²) in [6, 6.07) is 2.02. The van der Waals surface area contributed by atoms with Crippen LogP contribution in [0.25, 0.3) is 0 Å². The van der Waals surface area contributed by atoms with Crippen LogP contribution in [0.3, 0.4) is 0 Å². The highest BCUT2D eigenvalue weighted by Crippen LogP contribution is 2.23. The molecule has 0 radical (unpaired) electrons. The normalized spacial score (nSPS) is 22.4. The third kappa shape index (κ3) is 5.66. The van der Waals surface area contributed by atoms with Gasteiger partial charge in [-0.15, -0.1) is 0 Å². The number of carboxylic acids is 1. The molecule has 158 valence electrons. The molecule has 0 aromatic carbocycles. The molecule has 0 bridgehead atoms. The van der Waals surface area contributed by atoms with Gasteiger partial charge in [-0.25, -0.2) is 4.79 Å². The standard InChI is InChI=1S/C14H22N4O3.C2HF3O2/c1-16-4-3-11(15-16)14(19)18-9-12-13(10-18)21-8-6-17(12)5-7-20-2;3-2(4,5)1(6)7/h3-4,12-13H,5-10H2,1-2H3;(H,6,7)/t12-,13+;/m1./s1. The quantitative estimate of drug-likeness (QED) is 0.762. The molecule has 1 amide bonds. The van der Waals surface area contributed by atoms with Gasteiger partial charge in [0, 0.05) is 46.5 Å². The van der Waals surface area contributed by atoms with Gasteiger partial charge in [0.2, 0.25) is 0 Å². The Hall–Kier alpha value is -2.18. The van der Waals surface area contributed by atoms with Gasteiger partial charge in [-0.2, -0.15) is 18.3 Å². The number of rotatable bonds is 4. The highest BCUT2D eigenvalue weighted by Gasteiger charge is 2.42. The minimum absolute atomic E-state index is 0.0136. The summed E-state index contributed by atoms with van der Waals surface area (Å²) >= 11 is 0. The lowest BCUT2D eigenvalue weighted by molar-refractivity contribution is -0.192. The van der Waals surface area contributed by atoms with Crippen molar-refractivity contribution < 1.29 is 37.3 Å². The molecule has 0 saturated carbocycles. The molecule has 2 fully saturated rings. The topological polar surface area (TPSA) is 97.1 Å². The van der Waals surface area contributed by atoms with Gasteiger partial charge in [0.15, 0.2) is 0 Å². The zero-order valence-corrected chi connectivity index (χ0v) is 15.6. The monoisotopic (exact) mass is 408 g/mol. The largest absolute Gasteiger partial charge is 0.490 e. The summed E-state index contributed by atoms with van der Waals surface area (Å²) in [6.45, 7) is 4.55. The van der Waals surface area contributed by atoms with Crippen molar-refractivity contribution in [2.75, 3.05) is 46.5 Å². The van der Waals surface area contributed by atoms with Gasteiger partial charge in [-0.3, -0.25) is 14.4 Å². The maximum Gasteiger partial charge on any atom is 0.490 e. The van der Waals surface area contributed by atoms with Crippen molar-refractivity contribution in [2.45, 2.75) is 18.3 Å². The predicted molar refractivity (Wildman–Crippen MR) is 89.8 cm³/mol. The molecule has 0 spiro atoms. The number of amides is 1. The Morgan fingerprint density at radius 2 is 2.07 bits per heavy atom. The maximum atomic E-state index is 12.5. The molecule has 2 atom stereocenters. The van der Waals surface area contributed by atoms with Crippen molar-refractivity contribution in [3.05, 3.63) is 18.0 Å². The molecule has 3 rings (SSSR count). The molecule has 0 aliphatic carbocycles. The Bertz CT molecular complexity index is 681. The van der Waals surface area contributed by atoms with E-state index in [2.05, 4.69) is 10.00 Å². The number of alkyl halides is 3. The molecule has 0 unspecified atom stereocenters. The molecule has 2 aliphatic heterocycles. The molecule has 9 nitrogen and oxygen atoms in total. The minimum Gasteiger partial charge on any atom is -0.475 e. The Labute approximate surface area is 159 Å². The van der Waals surface area contributed by atoms with Crippen LogP contribution in [0, 0.1) is 0 Å². The van der Waals surface area contributed by atoms with Crippen molar-refractivity contribution >= 4 is 11.9 Å². The van der Waals surface area contributed by atoms with Crippen LogP contribution in [0.15, 0.2) is 12.3 Å². The molecule has 3 heterocycles. The van der Waals surface area contributed by atoms with E-state index in [0.717, 1.165) is 19.7 Å². The summed E-state index contributed by atoms with van der Waals surface area (Å²) in [5.74, 6) is -2.77. The van der Waals surface area contributed by atoms with E-state index in [0.29, 0.717) is 25.4 Å². The highest BCUT2D eigenvalue weighted by molar-refractivity contribution is 5.92. The number of aryl methyl sites for hydroxylation is 1. The van der Waals surface area contributed by atoms with Crippen LogP contribution in [0.1, 0.15) is 10.5 Å². The SMILES string of the molecule is COCCN1CCO[C@H]2CN(C(=O)c3ccn(C)n3)C[C@H]21.O=C(O)C(F)(F)F. The number of nitrogens with zero attached hydrogens (tertiary/aromatic N) is 4. The number of fused-ring (bicyclic) bond motifs is 1. The first-order chi connectivity index (χ1) is 13.1. The summed E-state index contributed by atoms with van der Waals surface area (Å²) in [5, 5.41) is 11.3. The van der Waals surface area contributed by atoms with Gasteiger partial charge in [0.1, 0.15) is 5.69 Å². The number of aromatic nitrogens is 2. The first-order valence-corrected chi connectivity index (χ1v) is 8.57. The van der Waals surface area contributed by atoms with E-state index >= 15 is 0 Å². The van der Waals surface area contributed by atoms with E-state index in [1.54, 1.807) is 24.1 Å². The van der Waals surface area contributed by atoms with Crippen molar-refractivity contribution in [1.29, 1.82) is 0 Å². The number of likely N-dealkylation sites (tertiary alicyclic amines) is 1. The number of aliphatic carboxylic acids is 1. The molecule has 1 aromatic rings. The zero-order valence-electron chi connectivity index (χ0n) is 15.6. The smallest absolute Gasteiger partial charge is 0.475 e. The van der Waals surface area contributed by atoms with Crippen LogP contribution in [0.5, 0.6) is 0 Å². The second-order valence-corrected chi connectivity index (χ2v) is 6.39. The minimum atomic E-state index is -5.08. The number of halogens is 3. The van der Waals surface area contributed by atoms with Crippen molar-refractivity contribution in [1.82, 2.24) is 19.6 Å². The summed E-state index contributed by atoms with van der Waals surface area (Å²) in [4.78, 5) is 25.6. The van der Waals surface area contributed by atoms with E-state index in [1.807, 2.05) is 11.9 Å². The summed E-state index contributed by atoms with van der Waals surface area (Å²) in [7, 11) is 3.53. The molecular formula is C16H23F3N4O5. The summed E-state index contributed by atoms with van der Waals surface area (Å²) < 4.78 is 44.4. The summed E-state index contributed by atoms with van der Waals surface area (Å²) in [6.07, 6.45) is -3.19. The third-order valence-electron chi connectivity index (χ3n) is 4.46. The van der Waals surface area contributed by atoms with Crippen LogP contribution in [-0.2, 0) is 21.3 Å². The fourth-order valence-corrected chi connectivity index (χ4v) is 3.10. The molecule has 1 aromatic heterocycles. The zero-order chi connectivity index (χ0) is 20.9. The van der Waals surface area contributed by atoms with Crippen LogP contribution in [0.2, 0.25) is 0 Å². The Morgan fingerprint density at radius 1 is 1.39 bits per heavy atom. The van der Waals surface area contributed by atoms with Gasteiger partial charge >= 0.3 is 12.1 Å². The number of hydrogen-bond donors (Lipinski definition) is 1. The average Bonchev–Trinajstić information content (AvgIpc) is 3.25. The highest BCUT2D eigenvalue weighted by atomic mass is 19.4. The number of carbonyl (C=O) groups is 2. The predicted octanol–water partition coefficient (Wildman–Crippen LogP) is 0.225. The Morgan fingerprint density at radius 3 is 2.61 bits per heavy atom. The lowest BCUT2D eigenvalue weighted by Gasteiger charge is -2.36. The molecule has 28 heavy (non-hydrogen) atoms. The second kappa shape index (κ2) is 9.34. The van der Waals surface area contributed by atoms with Crippen molar-refractivity contribution in [2.24, 2.45) is 7.05 Å². The Kier molecular flexibility index (Phi) is 7.38. The molecule has 1 N–H and O–H groups in total. The fraction of sp³-hybridized carbons (Fsp3) is 0.688. The van der Waals surface area contributed by atoms with E-state index in [9.17, 15) is 18.0 Å². The first-order valence-electron chi connectivity index (χ1n) is 8.57. The number of methoxy groups -OCH3 is 1. The van der Waals surface area contributed by atoms with E-state index in [-0.39, 0.29) is 18.1 Å². The number of morpholine rings is 1. The number of ether oxygens (including phenoxy) is 2. The second-order valence-electron chi connectivity index (χ2n) is 6.39. The van der Waals surface area contributed by atoms with Gasteiger partial charge in [0.25, 0.3) is 5.91 Å². The Balaban J connectivity index is 0.000000345. The van der Waals surface area contributed by atoms with Gasteiger partial charge in [-0.05, 0) is 6.07 Å². The van der Waals surface area contributed by atoms with Gasteiger partial charge in [-0.1, -0.05) is 0 Å². The van der Waals surface area contributed by atoms with E-state index in [4.69, 9.17) is 19.4 Å². The first kappa shape index (κ1) is 22.1. The average molecular weight is 408 g/mol. The van der Waals surface area contributed by atoms with Crippen LogP contribution in [0.4, 0.5) is 13.2 Å². The van der Waals surface area contributed by atoms with Crippen molar-refractivity contribution in [3.63, 3.8) is 0 Å². The van der Waals surface area contributed by atoms with Crippen LogP contribution < -0.4 is 0 Å². The van der Waals surface area contributed by atoms with E-state index < -0.39 is 12.1 Å². The van der Waals surface area contributed by atoms with Gasteiger partial charge in [0.05, 0.1) is 25.4 Å². The fourth-order valence-electron chi connectivity index (χ4n) is 3.10. The van der Waals surface area contributed by atoms with Crippen LogP contribution >= 0.6 is 0 Å². The molecule has 12 heteroatoms. The molecule has 2 aliphatic rings. The number of carboxylic acid groups (broad SMARTS) is 1. The lowest BCUT2D eigenvalue weighted by Crippen LogP contribution is -2.51. The van der Waals surface area contributed by atoms with Crippen LogP contribution in [-0.4, -0.2) is 101 Å². The third-order valence-corrected chi connectivity index (χ3v) is 4.46. The lowest BCUT2D eigenvalue weighted by atomic mass is 10.1. The van der Waals surface area contributed by atoms with Crippen molar-refractivity contribution in [3.8, 4) is 0 Å². The van der Waals surface area contributed by atoms with Gasteiger partial charge < -0.3 is 19.5 Å². The number of carbonyl (C=O) groups excluding carboxylic acids is 1. The molecule has 2 saturated heterocycles. The number of hydrogen-bond acceptors (Lipinski definition) is 6. The van der Waals surface area contributed by atoms with E-state index in [1.165, 1.54) is 0 Å².